The van der Waals surface area contributed by atoms with Gasteiger partial charge in [0.2, 0.25) is 0 Å². The van der Waals surface area contributed by atoms with E-state index in [4.69, 9.17) is 4.74 Å². The third-order valence-corrected chi connectivity index (χ3v) is 4.50. The minimum atomic E-state index is 0. The monoisotopic (exact) mass is 306 g/mol. The SMILES string of the molecule is Brc1ccc(COC2CN3CCC2CC3)cc1.[B]. The Morgan fingerprint density at radius 3 is 2.39 bits per heavy atom. The van der Waals surface area contributed by atoms with Gasteiger partial charge in [-0.15, -0.1) is 0 Å². The first-order valence-electron chi connectivity index (χ1n) is 6.40. The molecule has 0 amide bonds. The predicted molar refractivity (Wildman–Crippen MR) is 77.6 cm³/mol. The van der Waals surface area contributed by atoms with E-state index in [1.165, 1.54) is 31.5 Å². The van der Waals surface area contributed by atoms with Crippen molar-refractivity contribution in [2.24, 2.45) is 5.92 Å². The van der Waals surface area contributed by atoms with Gasteiger partial charge in [-0.2, -0.15) is 0 Å². The van der Waals surface area contributed by atoms with Crippen LogP contribution in [-0.4, -0.2) is 39.1 Å². The maximum atomic E-state index is 6.09. The molecule has 1 unspecified atom stereocenters. The highest BCUT2D eigenvalue weighted by Gasteiger charge is 2.34. The third kappa shape index (κ3) is 3.17. The van der Waals surface area contributed by atoms with Gasteiger partial charge in [-0.25, -0.2) is 0 Å². The van der Waals surface area contributed by atoms with Crippen LogP contribution in [0.25, 0.3) is 0 Å². The zero-order chi connectivity index (χ0) is 11.7. The summed E-state index contributed by atoms with van der Waals surface area (Å²) in [6.07, 6.45) is 3.11. The van der Waals surface area contributed by atoms with E-state index >= 15 is 0 Å². The van der Waals surface area contributed by atoms with Crippen molar-refractivity contribution in [2.45, 2.75) is 25.6 Å². The van der Waals surface area contributed by atoms with E-state index in [1.54, 1.807) is 0 Å². The van der Waals surface area contributed by atoms with Gasteiger partial charge < -0.3 is 9.64 Å². The highest BCUT2D eigenvalue weighted by molar-refractivity contribution is 9.10. The number of hydrogen-bond acceptors (Lipinski definition) is 2. The predicted octanol–water partition coefficient (Wildman–Crippen LogP) is 2.68. The van der Waals surface area contributed by atoms with Gasteiger partial charge in [-0.05, 0) is 49.5 Å². The van der Waals surface area contributed by atoms with Gasteiger partial charge in [0, 0.05) is 19.4 Å². The molecular weight excluding hydrogens is 289 g/mol. The molecule has 0 aliphatic carbocycles. The lowest BCUT2D eigenvalue weighted by atomic mass is 9.86. The van der Waals surface area contributed by atoms with Crippen LogP contribution in [0.3, 0.4) is 0 Å². The van der Waals surface area contributed by atoms with Crippen LogP contribution in [0.1, 0.15) is 18.4 Å². The van der Waals surface area contributed by atoms with Gasteiger partial charge in [0.25, 0.3) is 0 Å². The summed E-state index contributed by atoms with van der Waals surface area (Å²) < 4.78 is 7.21. The van der Waals surface area contributed by atoms with Crippen molar-refractivity contribution < 1.29 is 4.74 Å². The Labute approximate surface area is 119 Å². The molecule has 1 atom stereocenters. The second-order valence-corrected chi connectivity index (χ2v) is 6.03. The first-order valence-corrected chi connectivity index (χ1v) is 7.19. The Balaban J connectivity index is 0.00000120. The fraction of sp³-hybridized carbons (Fsp3) is 0.571. The molecule has 3 aliphatic rings. The standard InChI is InChI=1S/C14H18BrNO.B/c15-13-3-1-11(2-4-13)10-17-14-9-16-7-5-12(14)6-8-16;/h1-4,12,14H,5-10H2;. The number of rotatable bonds is 3. The van der Waals surface area contributed by atoms with Gasteiger partial charge in [0.05, 0.1) is 12.7 Å². The molecule has 3 fully saturated rings. The Bertz CT molecular complexity index is 376. The molecule has 1 aromatic carbocycles. The number of nitrogens with zero attached hydrogens (tertiary/aromatic N) is 1. The average molecular weight is 307 g/mol. The molecule has 0 N–H and O–H groups in total. The molecule has 4 heteroatoms. The van der Waals surface area contributed by atoms with Crippen molar-refractivity contribution in [3.05, 3.63) is 34.3 Å². The minimum Gasteiger partial charge on any atom is -0.372 e. The largest absolute Gasteiger partial charge is 0.372 e. The van der Waals surface area contributed by atoms with Crippen LogP contribution in [0.5, 0.6) is 0 Å². The second kappa shape index (κ2) is 6.22. The maximum absolute atomic E-state index is 6.09. The average Bonchev–Trinajstić information content (AvgIpc) is 2.39. The van der Waals surface area contributed by atoms with E-state index in [1.807, 2.05) is 0 Å². The van der Waals surface area contributed by atoms with Crippen molar-refractivity contribution in [3.8, 4) is 0 Å². The quantitative estimate of drug-likeness (QED) is 0.796. The second-order valence-electron chi connectivity index (χ2n) is 5.11. The summed E-state index contributed by atoms with van der Waals surface area (Å²) in [5.41, 5.74) is 1.27. The molecule has 3 heterocycles. The number of benzene rings is 1. The summed E-state index contributed by atoms with van der Waals surface area (Å²) in [4.78, 5) is 2.53. The molecule has 3 radical (unpaired) electrons. The Kier molecular flexibility index (Phi) is 4.87. The van der Waals surface area contributed by atoms with E-state index in [2.05, 4.69) is 45.1 Å². The topological polar surface area (TPSA) is 12.5 Å². The van der Waals surface area contributed by atoms with Gasteiger partial charge in [0.1, 0.15) is 0 Å². The molecule has 2 bridgehead atoms. The number of ether oxygens (including phenoxy) is 1. The summed E-state index contributed by atoms with van der Waals surface area (Å²) in [6, 6.07) is 8.42. The smallest absolute Gasteiger partial charge is 0.0735 e. The summed E-state index contributed by atoms with van der Waals surface area (Å²) >= 11 is 3.45. The number of fused-ring (bicyclic) bond motifs is 3. The zero-order valence-electron chi connectivity index (χ0n) is 10.5. The number of piperidine rings is 3. The molecule has 18 heavy (non-hydrogen) atoms. The summed E-state index contributed by atoms with van der Waals surface area (Å²) in [6.45, 7) is 4.45. The number of halogens is 1. The van der Waals surface area contributed by atoms with Crippen LogP contribution >= 0.6 is 15.9 Å². The zero-order valence-corrected chi connectivity index (χ0v) is 12.1. The minimum absolute atomic E-state index is 0. The van der Waals surface area contributed by atoms with Gasteiger partial charge in [-0.1, -0.05) is 28.1 Å². The Morgan fingerprint density at radius 1 is 1.17 bits per heavy atom. The normalized spacial score (nSPS) is 29.9. The molecule has 95 valence electrons. The van der Waals surface area contributed by atoms with Crippen LogP contribution in [0.2, 0.25) is 0 Å². The fourth-order valence-corrected chi connectivity index (χ4v) is 3.15. The summed E-state index contributed by atoms with van der Waals surface area (Å²) in [5.74, 6) is 0.801. The Morgan fingerprint density at radius 2 is 1.83 bits per heavy atom. The lowest BCUT2D eigenvalue weighted by Gasteiger charge is -2.44. The number of hydrogen-bond donors (Lipinski definition) is 0. The lowest BCUT2D eigenvalue weighted by molar-refractivity contribution is -0.0765. The van der Waals surface area contributed by atoms with Gasteiger partial charge >= 0.3 is 0 Å². The highest BCUT2D eigenvalue weighted by Crippen LogP contribution is 2.30. The summed E-state index contributed by atoms with van der Waals surface area (Å²) in [7, 11) is 0. The molecule has 2 nitrogen and oxygen atoms in total. The first-order chi connectivity index (χ1) is 8.31. The molecule has 0 saturated carbocycles. The molecule has 3 saturated heterocycles. The Hall–Kier alpha value is -0.315. The van der Waals surface area contributed by atoms with Crippen LogP contribution in [0.15, 0.2) is 28.7 Å². The molecule has 0 spiro atoms. The van der Waals surface area contributed by atoms with Crippen molar-refractivity contribution in [1.82, 2.24) is 4.90 Å². The van der Waals surface area contributed by atoms with Crippen molar-refractivity contribution in [1.29, 1.82) is 0 Å². The van der Waals surface area contributed by atoms with E-state index in [0.717, 1.165) is 23.5 Å². The van der Waals surface area contributed by atoms with Gasteiger partial charge in [0.15, 0.2) is 0 Å². The van der Waals surface area contributed by atoms with E-state index in [-0.39, 0.29) is 8.41 Å². The van der Waals surface area contributed by atoms with Crippen LogP contribution in [0, 0.1) is 5.92 Å². The van der Waals surface area contributed by atoms with E-state index in [9.17, 15) is 0 Å². The maximum Gasteiger partial charge on any atom is 0.0735 e. The molecule has 4 rings (SSSR count). The van der Waals surface area contributed by atoms with Crippen LogP contribution in [-0.2, 0) is 11.3 Å². The lowest BCUT2D eigenvalue weighted by Crippen LogP contribution is -2.51. The third-order valence-electron chi connectivity index (χ3n) is 3.97. The van der Waals surface area contributed by atoms with Crippen molar-refractivity contribution >= 4 is 24.3 Å². The van der Waals surface area contributed by atoms with Gasteiger partial charge in [-0.3, -0.25) is 0 Å². The van der Waals surface area contributed by atoms with Crippen molar-refractivity contribution in [3.63, 3.8) is 0 Å². The fourth-order valence-electron chi connectivity index (χ4n) is 2.88. The first kappa shape index (κ1) is 14.1. The van der Waals surface area contributed by atoms with E-state index in [0.29, 0.717) is 6.10 Å². The summed E-state index contributed by atoms with van der Waals surface area (Å²) in [5, 5.41) is 0. The van der Waals surface area contributed by atoms with Crippen molar-refractivity contribution in [2.75, 3.05) is 19.6 Å². The van der Waals surface area contributed by atoms with E-state index < -0.39 is 0 Å². The molecule has 0 aromatic heterocycles. The highest BCUT2D eigenvalue weighted by atomic mass is 79.9. The molecule has 3 aliphatic heterocycles. The van der Waals surface area contributed by atoms with Crippen LogP contribution in [0.4, 0.5) is 0 Å². The molecule has 1 aromatic rings. The molecular formula is C14H18BBrNO. The van der Waals surface area contributed by atoms with Crippen LogP contribution < -0.4 is 0 Å².